The molecule has 7 heteroatoms. The predicted octanol–water partition coefficient (Wildman–Crippen LogP) is 2.40. The molecule has 128 valence electrons. The summed E-state index contributed by atoms with van der Waals surface area (Å²) in [6, 6.07) is 4.55. The zero-order chi connectivity index (χ0) is 16.5. The second kappa shape index (κ2) is 6.47. The molecule has 4 rings (SSSR count). The van der Waals surface area contributed by atoms with Crippen LogP contribution in [0.3, 0.4) is 0 Å². The Bertz CT molecular complexity index is 671. The van der Waals surface area contributed by atoms with Crippen molar-refractivity contribution in [2.45, 2.75) is 50.6 Å². The minimum Gasteiger partial charge on any atom is -0.351 e. The van der Waals surface area contributed by atoms with Gasteiger partial charge < -0.3 is 9.42 Å². The zero-order valence-corrected chi connectivity index (χ0v) is 14.3. The smallest absolute Gasteiger partial charge is 0.243 e. The molecule has 2 fully saturated rings. The van der Waals surface area contributed by atoms with Crippen molar-refractivity contribution in [3.05, 3.63) is 30.0 Å². The first-order valence-corrected chi connectivity index (χ1v) is 8.80. The minimum atomic E-state index is 0.120. The van der Waals surface area contributed by atoms with E-state index in [1.165, 1.54) is 25.7 Å². The van der Waals surface area contributed by atoms with E-state index < -0.39 is 0 Å². The van der Waals surface area contributed by atoms with Gasteiger partial charge in [0.2, 0.25) is 5.89 Å². The van der Waals surface area contributed by atoms with Crippen molar-refractivity contribution in [1.29, 1.82) is 0 Å². The first-order chi connectivity index (χ1) is 11.7. The molecule has 3 heterocycles. The molecule has 2 aromatic heterocycles. The number of rotatable bonds is 6. The Kier molecular flexibility index (Phi) is 4.18. The Morgan fingerprint density at radius 1 is 1.38 bits per heavy atom. The van der Waals surface area contributed by atoms with Crippen molar-refractivity contribution in [2.24, 2.45) is 0 Å². The van der Waals surface area contributed by atoms with E-state index in [1.807, 2.05) is 12.1 Å². The molecule has 2 atom stereocenters. The van der Waals surface area contributed by atoms with Crippen LogP contribution in [0.4, 0.5) is 5.82 Å². The lowest BCUT2D eigenvalue weighted by molar-refractivity contribution is 0.199. The quantitative estimate of drug-likeness (QED) is 0.806. The van der Waals surface area contributed by atoms with Crippen molar-refractivity contribution in [2.75, 3.05) is 25.0 Å². The van der Waals surface area contributed by atoms with Crippen LogP contribution in [0, 0.1) is 0 Å². The molecule has 2 aromatic rings. The summed E-state index contributed by atoms with van der Waals surface area (Å²) in [6.07, 6.45) is 6.47. The molecule has 0 amide bonds. The molecule has 0 spiro atoms. The fraction of sp³-hybridized carbons (Fsp3) is 0.647. The number of anilines is 1. The molecule has 1 saturated heterocycles. The highest BCUT2D eigenvalue weighted by Crippen LogP contribution is 2.38. The second-order valence-corrected chi connectivity index (χ2v) is 6.95. The van der Waals surface area contributed by atoms with Gasteiger partial charge in [0.05, 0.1) is 6.04 Å². The molecular weight excluding hydrogens is 304 g/mol. The molecule has 0 bridgehead atoms. The molecular formula is C17H24N6O. The van der Waals surface area contributed by atoms with Gasteiger partial charge in [-0.3, -0.25) is 4.90 Å². The Morgan fingerprint density at radius 3 is 3.00 bits per heavy atom. The summed E-state index contributed by atoms with van der Waals surface area (Å²) in [4.78, 5) is 9.25. The molecule has 0 N–H and O–H groups in total. The normalized spacial score (nSPS) is 22.3. The molecule has 1 saturated carbocycles. The van der Waals surface area contributed by atoms with Crippen LogP contribution < -0.4 is 4.90 Å². The lowest BCUT2D eigenvalue weighted by atomic mass is 10.2. The fourth-order valence-corrected chi connectivity index (χ4v) is 3.38. The molecule has 1 aliphatic carbocycles. The summed E-state index contributed by atoms with van der Waals surface area (Å²) in [5.41, 5.74) is 0. The van der Waals surface area contributed by atoms with Gasteiger partial charge in [-0.1, -0.05) is 5.16 Å². The average molecular weight is 328 g/mol. The lowest BCUT2D eigenvalue weighted by Gasteiger charge is -2.31. The van der Waals surface area contributed by atoms with E-state index in [4.69, 9.17) is 4.52 Å². The number of hydrogen-bond donors (Lipinski definition) is 0. The number of aromatic nitrogens is 4. The second-order valence-electron chi connectivity index (χ2n) is 6.95. The molecule has 24 heavy (non-hydrogen) atoms. The Morgan fingerprint density at radius 2 is 2.25 bits per heavy atom. The highest BCUT2D eigenvalue weighted by Gasteiger charge is 2.32. The minimum absolute atomic E-state index is 0.120. The number of hydrogen-bond acceptors (Lipinski definition) is 7. The first-order valence-electron chi connectivity index (χ1n) is 8.80. The van der Waals surface area contributed by atoms with Crippen molar-refractivity contribution < 1.29 is 4.52 Å². The van der Waals surface area contributed by atoms with Crippen LogP contribution in [0.5, 0.6) is 0 Å². The molecule has 7 nitrogen and oxygen atoms in total. The van der Waals surface area contributed by atoms with E-state index in [2.05, 4.69) is 44.1 Å². The third-order valence-electron chi connectivity index (χ3n) is 5.15. The third-order valence-corrected chi connectivity index (χ3v) is 5.15. The van der Waals surface area contributed by atoms with Gasteiger partial charge in [-0.2, -0.15) is 10.1 Å². The van der Waals surface area contributed by atoms with Gasteiger partial charge in [-0.25, -0.2) is 0 Å². The van der Waals surface area contributed by atoms with Crippen LogP contribution in [-0.2, 0) is 0 Å². The van der Waals surface area contributed by atoms with Crippen molar-refractivity contribution in [3.63, 3.8) is 0 Å². The largest absolute Gasteiger partial charge is 0.351 e. The number of likely N-dealkylation sites (N-methyl/N-ethyl adjacent to an activating group) is 1. The van der Waals surface area contributed by atoms with Gasteiger partial charge in [-0.15, -0.1) is 5.10 Å². The van der Waals surface area contributed by atoms with E-state index in [1.54, 1.807) is 6.20 Å². The summed E-state index contributed by atoms with van der Waals surface area (Å²) >= 11 is 0. The molecule has 0 radical (unpaired) electrons. The molecule has 0 aromatic carbocycles. The maximum Gasteiger partial charge on any atom is 0.243 e. The Hall–Kier alpha value is -2.02. The van der Waals surface area contributed by atoms with Gasteiger partial charge in [0.25, 0.3) is 0 Å². The monoisotopic (exact) mass is 328 g/mol. The van der Waals surface area contributed by atoms with Gasteiger partial charge >= 0.3 is 0 Å². The Labute approximate surface area is 142 Å². The van der Waals surface area contributed by atoms with Crippen LogP contribution in [-0.4, -0.2) is 51.4 Å². The topological polar surface area (TPSA) is 71.2 Å². The SMILES string of the molecule is C[C@H](c1nc(C2CC2)no1)N(C)C[C@H]1CCCN1c1cccnn1. The van der Waals surface area contributed by atoms with Crippen LogP contribution >= 0.6 is 0 Å². The van der Waals surface area contributed by atoms with E-state index >= 15 is 0 Å². The predicted molar refractivity (Wildman–Crippen MR) is 89.7 cm³/mol. The average Bonchev–Trinajstić information content (AvgIpc) is 3.16. The van der Waals surface area contributed by atoms with E-state index in [0.29, 0.717) is 12.0 Å². The summed E-state index contributed by atoms with van der Waals surface area (Å²) in [7, 11) is 2.12. The van der Waals surface area contributed by atoms with Gasteiger partial charge in [-0.05, 0) is 51.8 Å². The maximum atomic E-state index is 5.49. The van der Waals surface area contributed by atoms with Crippen LogP contribution in [0.1, 0.15) is 56.3 Å². The summed E-state index contributed by atoms with van der Waals surface area (Å²) in [5.74, 6) is 3.10. The maximum absolute atomic E-state index is 5.49. The summed E-state index contributed by atoms with van der Waals surface area (Å²) < 4.78 is 5.49. The summed E-state index contributed by atoms with van der Waals surface area (Å²) in [6.45, 7) is 4.11. The molecule has 2 aliphatic rings. The van der Waals surface area contributed by atoms with Crippen molar-refractivity contribution >= 4 is 5.82 Å². The zero-order valence-electron chi connectivity index (χ0n) is 14.3. The van der Waals surface area contributed by atoms with Gasteiger partial charge in [0, 0.05) is 31.2 Å². The number of nitrogens with zero attached hydrogens (tertiary/aromatic N) is 6. The van der Waals surface area contributed by atoms with Crippen LogP contribution in [0.25, 0.3) is 0 Å². The van der Waals surface area contributed by atoms with E-state index in [-0.39, 0.29) is 6.04 Å². The van der Waals surface area contributed by atoms with Crippen molar-refractivity contribution in [1.82, 2.24) is 25.2 Å². The Balaban J connectivity index is 1.41. The van der Waals surface area contributed by atoms with Crippen LogP contribution in [0.2, 0.25) is 0 Å². The van der Waals surface area contributed by atoms with Crippen LogP contribution in [0.15, 0.2) is 22.9 Å². The third kappa shape index (κ3) is 3.13. The summed E-state index contributed by atoms with van der Waals surface area (Å²) in [5, 5.41) is 12.4. The standard InChI is InChI=1S/C17H24N6O/c1-12(17-19-16(21-24-17)13-7-8-13)22(2)11-14-5-4-10-23(14)15-6-3-9-18-20-15/h3,6,9,12-14H,4-5,7-8,10-11H2,1-2H3/t12-,14-/m1/s1. The highest BCUT2D eigenvalue weighted by atomic mass is 16.5. The van der Waals surface area contributed by atoms with Gasteiger partial charge in [0.15, 0.2) is 11.6 Å². The first kappa shape index (κ1) is 15.5. The van der Waals surface area contributed by atoms with Crippen molar-refractivity contribution in [3.8, 4) is 0 Å². The molecule has 0 unspecified atom stereocenters. The van der Waals surface area contributed by atoms with E-state index in [9.17, 15) is 0 Å². The fourth-order valence-electron chi connectivity index (χ4n) is 3.38. The van der Waals surface area contributed by atoms with Gasteiger partial charge in [0.1, 0.15) is 0 Å². The van der Waals surface area contributed by atoms with E-state index in [0.717, 1.165) is 30.6 Å². The molecule has 1 aliphatic heterocycles. The lowest BCUT2D eigenvalue weighted by Crippen LogP contribution is -2.40. The highest BCUT2D eigenvalue weighted by molar-refractivity contribution is 5.39.